The summed E-state index contributed by atoms with van der Waals surface area (Å²) in [6.07, 6.45) is -0.438. The predicted molar refractivity (Wildman–Crippen MR) is 118 cm³/mol. The summed E-state index contributed by atoms with van der Waals surface area (Å²) < 4.78 is 16.8. The summed E-state index contributed by atoms with van der Waals surface area (Å²) in [5.74, 6) is 2.08. The summed E-state index contributed by atoms with van der Waals surface area (Å²) in [5, 5.41) is 9.02. The molecule has 152 valence electrons. The first-order valence-electron chi connectivity index (χ1n) is 8.28. The van der Waals surface area contributed by atoms with Gasteiger partial charge in [0, 0.05) is 26.7 Å². The zero-order valence-corrected chi connectivity index (χ0v) is 19.8. The summed E-state index contributed by atoms with van der Waals surface area (Å²) in [5.41, 5.74) is 0.518. The quantitative estimate of drug-likeness (QED) is 0.223. The number of nitrogens with zero attached hydrogens (tertiary/aromatic N) is 1. The summed E-state index contributed by atoms with van der Waals surface area (Å²) in [7, 11) is 1.69. The van der Waals surface area contributed by atoms with E-state index in [-0.39, 0.29) is 30.8 Å². The molecule has 0 radical (unpaired) electrons. The van der Waals surface area contributed by atoms with Gasteiger partial charge in [0.2, 0.25) is 6.79 Å². The van der Waals surface area contributed by atoms with Crippen LogP contribution in [0.1, 0.15) is 26.3 Å². The highest BCUT2D eigenvalue weighted by molar-refractivity contribution is 14.0. The van der Waals surface area contributed by atoms with E-state index in [1.165, 1.54) is 0 Å². The number of guanidine groups is 1. The van der Waals surface area contributed by atoms with Crippen LogP contribution in [0.25, 0.3) is 0 Å². The van der Waals surface area contributed by atoms with Gasteiger partial charge in [-0.05, 0) is 54.4 Å². The number of nitrogens with one attached hydrogen (secondary N) is 3. The molecule has 1 aliphatic rings. The minimum atomic E-state index is -0.506. The molecule has 0 fully saturated rings. The number of ether oxygens (including phenoxy) is 3. The van der Waals surface area contributed by atoms with Gasteiger partial charge in [0.25, 0.3) is 0 Å². The number of amides is 1. The van der Waals surface area contributed by atoms with Crippen LogP contribution in [0.3, 0.4) is 0 Å². The van der Waals surface area contributed by atoms with Gasteiger partial charge >= 0.3 is 6.09 Å². The summed E-state index contributed by atoms with van der Waals surface area (Å²) in [4.78, 5) is 15.7. The fourth-order valence-corrected chi connectivity index (χ4v) is 2.79. The van der Waals surface area contributed by atoms with Gasteiger partial charge in [-0.3, -0.25) is 4.99 Å². The van der Waals surface area contributed by atoms with Crippen LogP contribution >= 0.6 is 39.9 Å². The first-order chi connectivity index (χ1) is 12.3. The number of benzene rings is 1. The van der Waals surface area contributed by atoms with Crippen molar-refractivity contribution < 1.29 is 19.0 Å². The second kappa shape index (κ2) is 10.8. The van der Waals surface area contributed by atoms with Crippen molar-refractivity contribution in [3.05, 3.63) is 22.2 Å². The van der Waals surface area contributed by atoms with Crippen LogP contribution in [-0.2, 0) is 11.3 Å². The van der Waals surface area contributed by atoms with E-state index < -0.39 is 11.7 Å². The van der Waals surface area contributed by atoms with Crippen molar-refractivity contribution in [2.45, 2.75) is 32.9 Å². The molecule has 1 heterocycles. The van der Waals surface area contributed by atoms with Crippen molar-refractivity contribution >= 4 is 52.0 Å². The van der Waals surface area contributed by atoms with Gasteiger partial charge < -0.3 is 30.2 Å². The number of hydrogen-bond acceptors (Lipinski definition) is 5. The monoisotopic (exact) mass is 556 g/mol. The van der Waals surface area contributed by atoms with Crippen LogP contribution in [0.15, 0.2) is 21.6 Å². The number of fused-ring (bicyclic) bond motifs is 1. The molecule has 27 heavy (non-hydrogen) atoms. The molecule has 0 saturated heterocycles. The number of alkyl carbamates (subject to hydrolysis) is 1. The molecule has 0 saturated carbocycles. The number of carbonyl (C=O) groups excluding carboxylic acids is 1. The fraction of sp³-hybridized carbons (Fsp3) is 0.529. The third-order valence-corrected chi connectivity index (χ3v) is 3.85. The van der Waals surface area contributed by atoms with Gasteiger partial charge in [-0.15, -0.1) is 24.0 Å². The maximum Gasteiger partial charge on any atom is 0.407 e. The molecule has 0 unspecified atom stereocenters. The zero-order chi connectivity index (χ0) is 19.2. The van der Waals surface area contributed by atoms with Crippen molar-refractivity contribution in [1.82, 2.24) is 16.0 Å². The Labute approximate surface area is 184 Å². The molecular weight excluding hydrogens is 531 g/mol. The smallest absolute Gasteiger partial charge is 0.407 e. The SMILES string of the molecule is CN=C(NCCNC(=O)OC(C)(C)C)NCc1cc(Br)c2c(c1)OCO2.I. The van der Waals surface area contributed by atoms with E-state index in [9.17, 15) is 4.79 Å². The summed E-state index contributed by atoms with van der Waals surface area (Å²) in [6.45, 7) is 7.21. The van der Waals surface area contributed by atoms with Crippen molar-refractivity contribution in [2.24, 2.45) is 4.99 Å². The van der Waals surface area contributed by atoms with E-state index >= 15 is 0 Å². The molecule has 10 heteroatoms. The topological polar surface area (TPSA) is 93.2 Å². The average molecular weight is 557 g/mol. The first-order valence-corrected chi connectivity index (χ1v) is 9.07. The molecule has 3 N–H and O–H groups in total. The van der Waals surface area contributed by atoms with E-state index in [0.29, 0.717) is 25.6 Å². The first kappa shape index (κ1) is 23.6. The second-order valence-corrected chi connectivity index (χ2v) is 7.45. The lowest BCUT2D eigenvalue weighted by atomic mass is 10.2. The minimum absolute atomic E-state index is 0. The Morgan fingerprint density at radius 3 is 2.59 bits per heavy atom. The Balaban J connectivity index is 0.00000364. The second-order valence-electron chi connectivity index (χ2n) is 6.59. The largest absolute Gasteiger partial charge is 0.454 e. The van der Waals surface area contributed by atoms with Crippen LogP contribution in [-0.4, -0.2) is 44.6 Å². The lowest BCUT2D eigenvalue weighted by Gasteiger charge is -2.20. The van der Waals surface area contributed by atoms with Crippen LogP contribution < -0.4 is 25.4 Å². The maximum atomic E-state index is 11.6. The van der Waals surface area contributed by atoms with Crippen LogP contribution in [0.4, 0.5) is 4.79 Å². The molecule has 1 aliphatic heterocycles. The normalized spacial score (nSPS) is 12.9. The number of aliphatic imine (C=N–C) groups is 1. The third kappa shape index (κ3) is 7.99. The third-order valence-electron chi connectivity index (χ3n) is 3.26. The lowest BCUT2D eigenvalue weighted by molar-refractivity contribution is 0.0529. The van der Waals surface area contributed by atoms with Crippen molar-refractivity contribution in [1.29, 1.82) is 0 Å². The van der Waals surface area contributed by atoms with Gasteiger partial charge in [0.05, 0.1) is 4.47 Å². The van der Waals surface area contributed by atoms with Gasteiger partial charge in [0.15, 0.2) is 17.5 Å². The molecule has 1 aromatic rings. The Bertz CT molecular complexity index is 680. The van der Waals surface area contributed by atoms with E-state index in [1.54, 1.807) is 7.05 Å². The van der Waals surface area contributed by atoms with Gasteiger partial charge in [-0.25, -0.2) is 4.79 Å². The highest BCUT2D eigenvalue weighted by Gasteiger charge is 2.18. The van der Waals surface area contributed by atoms with E-state index in [4.69, 9.17) is 14.2 Å². The van der Waals surface area contributed by atoms with E-state index in [1.807, 2.05) is 32.9 Å². The molecule has 0 aromatic heterocycles. The zero-order valence-electron chi connectivity index (χ0n) is 15.8. The molecule has 1 amide bonds. The standard InChI is InChI=1S/C17H25BrN4O4.HI/c1-17(2,3)26-16(23)21-6-5-20-15(19-4)22-9-11-7-12(18)14-13(8-11)24-10-25-14;/h7-8H,5-6,9-10H2,1-4H3,(H,21,23)(H2,19,20,22);1H. The Hall–Kier alpha value is -1.43. The highest BCUT2D eigenvalue weighted by atomic mass is 127. The molecular formula is C17H26BrIN4O4. The maximum absolute atomic E-state index is 11.6. The lowest BCUT2D eigenvalue weighted by Crippen LogP contribution is -2.42. The number of hydrogen-bond donors (Lipinski definition) is 3. The summed E-state index contributed by atoms with van der Waals surface area (Å²) in [6, 6.07) is 3.90. The van der Waals surface area contributed by atoms with Crippen molar-refractivity contribution in [2.75, 3.05) is 26.9 Å². The number of halogens is 2. The molecule has 2 rings (SSSR count). The molecule has 0 aliphatic carbocycles. The molecule has 8 nitrogen and oxygen atoms in total. The molecule has 0 atom stereocenters. The molecule has 1 aromatic carbocycles. The highest BCUT2D eigenvalue weighted by Crippen LogP contribution is 2.39. The van der Waals surface area contributed by atoms with Crippen LogP contribution in [0.5, 0.6) is 11.5 Å². The summed E-state index contributed by atoms with van der Waals surface area (Å²) >= 11 is 3.48. The van der Waals surface area contributed by atoms with Crippen molar-refractivity contribution in [3.8, 4) is 11.5 Å². The predicted octanol–water partition coefficient (Wildman–Crippen LogP) is 2.99. The van der Waals surface area contributed by atoms with Gasteiger partial charge in [-0.1, -0.05) is 0 Å². The molecule has 0 spiro atoms. The van der Waals surface area contributed by atoms with Gasteiger partial charge in [0.1, 0.15) is 5.60 Å². The van der Waals surface area contributed by atoms with E-state index in [2.05, 4.69) is 36.9 Å². The fourth-order valence-electron chi connectivity index (χ4n) is 2.19. The Morgan fingerprint density at radius 2 is 1.93 bits per heavy atom. The Kier molecular flexibility index (Phi) is 9.43. The average Bonchev–Trinajstić information content (AvgIpc) is 3.01. The minimum Gasteiger partial charge on any atom is -0.454 e. The number of carbonyl (C=O) groups is 1. The number of rotatable bonds is 5. The van der Waals surface area contributed by atoms with Crippen molar-refractivity contribution in [3.63, 3.8) is 0 Å². The van der Waals surface area contributed by atoms with Crippen LogP contribution in [0.2, 0.25) is 0 Å². The van der Waals surface area contributed by atoms with Gasteiger partial charge in [-0.2, -0.15) is 0 Å². The van der Waals surface area contributed by atoms with E-state index in [0.717, 1.165) is 21.5 Å². The Morgan fingerprint density at radius 1 is 1.22 bits per heavy atom. The molecule has 0 bridgehead atoms. The van der Waals surface area contributed by atoms with Crippen LogP contribution in [0, 0.1) is 0 Å².